The summed E-state index contributed by atoms with van der Waals surface area (Å²) >= 11 is 4.69. The number of hydrogen-bond donors (Lipinski definition) is 0. The van der Waals surface area contributed by atoms with E-state index in [1.807, 2.05) is 24.3 Å². The lowest BCUT2D eigenvalue weighted by Gasteiger charge is -2.06. The minimum Gasteiger partial charge on any atom is -0.480 e. The van der Waals surface area contributed by atoms with E-state index in [0.29, 0.717) is 20.8 Å². The molecule has 0 spiro atoms. The van der Waals surface area contributed by atoms with Gasteiger partial charge in [-0.2, -0.15) is 0 Å². The summed E-state index contributed by atoms with van der Waals surface area (Å²) in [5.41, 5.74) is 1.19. The van der Waals surface area contributed by atoms with Crippen molar-refractivity contribution < 1.29 is 4.74 Å². The summed E-state index contributed by atoms with van der Waals surface area (Å²) < 4.78 is 8.58. The van der Waals surface area contributed by atoms with E-state index >= 15 is 0 Å². The zero-order valence-corrected chi connectivity index (χ0v) is 15.2. The maximum atomic E-state index is 12.9. The van der Waals surface area contributed by atoms with Gasteiger partial charge in [-0.15, -0.1) is 17.8 Å². The Kier molecular flexibility index (Phi) is 3.99. The summed E-state index contributed by atoms with van der Waals surface area (Å²) in [4.78, 5) is 22.4. The molecule has 1 aromatic carbocycles. The van der Waals surface area contributed by atoms with Gasteiger partial charge in [0.25, 0.3) is 5.56 Å². The standard InChI is InChI=1S/C18H10BrN3O2S/c1-2-9-24-13-7-8-20-17-14(13)15-16(25-17)18(23)22(10-21-15)12-5-3-11(19)4-6-12/h1,3-8,10H,9H2. The Hall–Kier alpha value is -2.69. The number of rotatable bonds is 3. The predicted octanol–water partition coefficient (Wildman–Crippen LogP) is 3.77. The molecule has 3 heterocycles. The Morgan fingerprint density at radius 3 is 2.80 bits per heavy atom. The van der Waals surface area contributed by atoms with Crippen LogP contribution in [0, 0.1) is 12.3 Å². The summed E-state index contributed by atoms with van der Waals surface area (Å²) in [7, 11) is 0. The van der Waals surface area contributed by atoms with Crippen molar-refractivity contribution in [1.29, 1.82) is 0 Å². The summed E-state index contributed by atoms with van der Waals surface area (Å²) in [5, 5.41) is 0.720. The van der Waals surface area contributed by atoms with E-state index in [1.54, 1.807) is 12.3 Å². The molecule has 0 saturated carbocycles. The molecule has 25 heavy (non-hydrogen) atoms. The van der Waals surface area contributed by atoms with Gasteiger partial charge in [0, 0.05) is 10.7 Å². The van der Waals surface area contributed by atoms with Crippen LogP contribution in [0.25, 0.3) is 26.1 Å². The van der Waals surface area contributed by atoms with Crippen molar-refractivity contribution in [2.24, 2.45) is 0 Å². The highest BCUT2D eigenvalue weighted by Gasteiger charge is 2.16. The van der Waals surface area contributed by atoms with Crippen LogP contribution < -0.4 is 10.3 Å². The lowest BCUT2D eigenvalue weighted by atomic mass is 10.2. The molecule has 0 unspecified atom stereocenters. The van der Waals surface area contributed by atoms with Gasteiger partial charge in [-0.3, -0.25) is 9.36 Å². The second kappa shape index (κ2) is 6.31. The molecule has 4 aromatic rings. The highest BCUT2D eigenvalue weighted by atomic mass is 79.9. The zero-order valence-electron chi connectivity index (χ0n) is 12.8. The van der Waals surface area contributed by atoms with Gasteiger partial charge in [-0.05, 0) is 30.3 Å². The SMILES string of the molecule is C#CCOc1ccnc2sc3c(=O)n(-c4ccc(Br)cc4)cnc3c12. The quantitative estimate of drug-likeness (QED) is 0.481. The minimum absolute atomic E-state index is 0.141. The smallest absolute Gasteiger partial charge is 0.275 e. The van der Waals surface area contributed by atoms with Crippen molar-refractivity contribution in [3.8, 4) is 23.8 Å². The summed E-state index contributed by atoms with van der Waals surface area (Å²) in [6.07, 6.45) is 8.43. The summed E-state index contributed by atoms with van der Waals surface area (Å²) in [6.45, 7) is 0.145. The molecule has 0 saturated heterocycles. The minimum atomic E-state index is -0.141. The molecule has 3 aromatic heterocycles. The first-order valence-electron chi connectivity index (χ1n) is 7.30. The Morgan fingerprint density at radius 1 is 1.24 bits per heavy atom. The van der Waals surface area contributed by atoms with Crippen LogP contribution in [0.1, 0.15) is 0 Å². The van der Waals surface area contributed by atoms with Gasteiger partial charge in [0.2, 0.25) is 0 Å². The number of benzene rings is 1. The Balaban J connectivity index is 1.96. The maximum absolute atomic E-state index is 12.9. The fraction of sp³-hybridized carbons (Fsp3) is 0.0556. The van der Waals surface area contributed by atoms with E-state index in [2.05, 4.69) is 31.8 Å². The van der Waals surface area contributed by atoms with Gasteiger partial charge >= 0.3 is 0 Å². The number of pyridine rings is 1. The van der Waals surface area contributed by atoms with Gasteiger partial charge in [-0.25, -0.2) is 9.97 Å². The monoisotopic (exact) mass is 411 g/mol. The van der Waals surface area contributed by atoms with Gasteiger partial charge in [0.15, 0.2) is 0 Å². The summed E-state index contributed by atoms with van der Waals surface area (Å²) in [6, 6.07) is 9.19. The molecule has 0 aliphatic carbocycles. The molecule has 0 aliphatic rings. The number of nitrogens with zero attached hydrogens (tertiary/aromatic N) is 3. The molecule has 4 rings (SSSR count). The predicted molar refractivity (Wildman–Crippen MR) is 103 cm³/mol. The van der Waals surface area contributed by atoms with Crippen molar-refractivity contribution in [3.05, 3.63) is 57.7 Å². The highest BCUT2D eigenvalue weighted by molar-refractivity contribution is 9.10. The van der Waals surface area contributed by atoms with Crippen molar-refractivity contribution in [2.75, 3.05) is 6.61 Å². The van der Waals surface area contributed by atoms with Gasteiger partial charge in [-0.1, -0.05) is 21.9 Å². The molecule has 7 heteroatoms. The molecule has 0 aliphatic heterocycles. The first kappa shape index (κ1) is 15.8. The molecule has 0 fully saturated rings. The number of thiophene rings is 1. The van der Waals surface area contributed by atoms with Crippen molar-refractivity contribution in [3.63, 3.8) is 0 Å². The van der Waals surface area contributed by atoms with Gasteiger partial charge in [0.1, 0.15) is 33.7 Å². The molecule has 122 valence electrons. The largest absolute Gasteiger partial charge is 0.480 e. The zero-order chi connectivity index (χ0) is 17.4. The third kappa shape index (κ3) is 2.69. The fourth-order valence-electron chi connectivity index (χ4n) is 2.55. The molecule has 0 N–H and O–H groups in total. The first-order valence-corrected chi connectivity index (χ1v) is 8.91. The van der Waals surface area contributed by atoms with E-state index in [1.165, 1.54) is 22.2 Å². The van der Waals surface area contributed by atoms with Crippen LogP contribution >= 0.6 is 27.3 Å². The van der Waals surface area contributed by atoms with E-state index in [4.69, 9.17) is 11.2 Å². The normalized spacial score (nSPS) is 10.9. The molecule has 0 bridgehead atoms. The Labute approximate surface area is 155 Å². The van der Waals surface area contributed by atoms with E-state index in [9.17, 15) is 4.79 Å². The van der Waals surface area contributed by atoms with Crippen LogP contribution in [-0.4, -0.2) is 21.1 Å². The van der Waals surface area contributed by atoms with Crippen molar-refractivity contribution in [1.82, 2.24) is 14.5 Å². The van der Waals surface area contributed by atoms with Crippen LogP contribution in [0.3, 0.4) is 0 Å². The molecular formula is C18H10BrN3O2S. The third-order valence-electron chi connectivity index (χ3n) is 3.66. The highest BCUT2D eigenvalue weighted by Crippen LogP contribution is 2.35. The molecular weight excluding hydrogens is 402 g/mol. The fourth-order valence-corrected chi connectivity index (χ4v) is 3.86. The van der Waals surface area contributed by atoms with E-state index in [0.717, 1.165) is 15.5 Å². The second-order valence-electron chi connectivity index (χ2n) is 5.16. The van der Waals surface area contributed by atoms with Crippen LogP contribution in [0.15, 0.2) is 52.1 Å². The number of ether oxygens (including phenoxy) is 1. The average molecular weight is 412 g/mol. The average Bonchev–Trinajstić information content (AvgIpc) is 3.01. The number of aromatic nitrogens is 3. The lowest BCUT2D eigenvalue weighted by Crippen LogP contribution is -2.17. The topological polar surface area (TPSA) is 57.0 Å². The van der Waals surface area contributed by atoms with Crippen molar-refractivity contribution in [2.45, 2.75) is 0 Å². The van der Waals surface area contributed by atoms with Crippen LogP contribution in [0.5, 0.6) is 5.75 Å². The van der Waals surface area contributed by atoms with Crippen LogP contribution in [0.2, 0.25) is 0 Å². The maximum Gasteiger partial charge on any atom is 0.275 e. The van der Waals surface area contributed by atoms with Crippen LogP contribution in [-0.2, 0) is 0 Å². The van der Waals surface area contributed by atoms with E-state index < -0.39 is 0 Å². The molecule has 5 nitrogen and oxygen atoms in total. The van der Waals surface area contributed by atoms with E-state index in [-0.39, 0.29) is 12.2 Å². The van der Waals surface area contributed by atoms with Gasteiger partial charge < -0.3 is 4.74 Å². The first-order chi connectivity index (χ1) is 12.2. The van der Waals surface area contributed by atoms with Crippen molar-refractivity contribution >= 4 is 47.7 Å². The molecule has 0 amide bonds. The Morgan fingerprint density at radius 2 is 2.04 bits per heavy atom. The number of fused-ring (bicyclic) bond motifs is 3. The number of terminal acetylenes is 1. The third-order valence-corrected chi connectivity index (χ3v) is 5.26. The van der Waals surface area contributed by atoms with Gasteiger partial charge in [0.05, 0.1) is 11.1 Å². The number of hydrogen-bond acceptors (Lipinski definition) is 5. The summed E-state index contributed by atoms with van der Waals surface area (Å²) in [5.74, 6) is 3.02. The Bertz CT molecular complexity index is 1190. The van der Waals surface area contributed by atoms with Crippen LogP contribution in [0.4, 0.5) is 0 Å². The number of halogens is 1. The molecule has 0 atom stereocenters. The second-order valence-corrected chi connectivity index (χ2v) is 7.07. The lowest BCUT2D eigenvalue weighted by molar-refractivity contribution is 0.375. The molecule has 0 radical (unpaired) electrons.